The van der Waals surface area contributed by atoms with Crippen LogP contribution in [0, 0.1) is 17.6 Å². The van der Waals surface area contributed by atoms with E-state index in [-0.39, 0.29) is 16.3 Å². The smallest absolute Gasteiger partial charge is 0.277 e. The minimum Gasteiger partial charge on any atom is -0.491 e. The predicted octanol–water partition coefficient (Wildman–Crippen LogP) is 4.16. The highest BCUT2D eigenvalue weighted by Gasteiger charge is 2.23. The number of rotatable bonds is 7. The molecule has 0 unspecified atom stereocenters. The minimum absolute atomic E-state index is 0.0308. The van der Waals surface area contributed by atoms with E-state index in [0.29, 0.717) is 29.0 Å². The van der Waals surface area contributed by atoms with Crippen molar-refractivity contribution < 1.29 is 18.3 Å². The quantitative estimate of drug-likeness (QED) is 0.492. The van der Waals surface area contributed by atoms with Crippen LogP contribution >= 0.6 is 11.3 Å². The zero-order valence-electron chi connectivity index (χ0n) is 17.5. The Morgan fingerprint density at radius 2 is 2.00 bits per heavy atom. The number of hydrogen-bond donors (Lipinski definition) is 3. The molecule has 3 heterocycles. The number of ether oxygens (including phenoxy) is 1. The number of thiazole rings is 1. The number of anilines is 2. The van der Waals surface area contributed by atoms with Crippen LogP contribution < -0.4 is 20.7 Å². The molecule has 1 aliphatic rings. The van der Waals surface area contributed by atoms with Gasteiger partial charge in [0.1, 0.15) is 33.1 Å². The molecule has 0 atom stereocenters. The van der Waals surface area contributed by atoms with Crippen molar-refractivity contribution in [2.45, 2.75) is 12.8 Å². The number of amides is 1. The molecule has 3 aromatic rings. The van der Waals surface area contributed by atoms with Gasteiger partial charge in [-0.15, -0.1) is 0 Å². The Kier molecular flexibility index (Phi) is 6.91. The first-order chi connectivity index (χ1) is 15.6. The Labute approximate surface area is 188 Å². The molecule has 168 valence electrons. The summed E-state index contributed by atoms with van der Waals surface area (Å²) in [4.78, 5) is 21.3. The number of aromatic nitrogens is 2. The van der Waals surface area contributed by atoms with E-state index >= 15 is 0 Å². The van der Waals surface area contributed by atoms with Crippen molar-refractivity contribution in [2.24, 2.45) is 5.92 Å². The van der Waals surface area contributed by atoms with Crippen molar-refractivity contribution in [3.63, 3.8) is 0 Å². The van der Waals surface area contributed by atoms with Gasteiger partial charge in [0.25, 0.3) is 5.91 Å². The fourth-order valence-electron chi connectivity index (χ4n) is 3.49. The van der Waals surface area contributed by atoms with Gasteiger partial charge >= 0.3 is 0 Å². The highest BCUT2D eigenvalue weighted by molar-refractivity contribution is 7.19. The van der Waals surface area contributed by atoms with E-state index in [2.05, 4.69) is 25.9 Å². The Hall–Kier alpha value is -3.11. The van der Waals surface area contributed by atoms with E-state index in [9.17, 15) is 13.6 Å². The summed E-state index contributed by atoms with van der Waals surface area (Å²) in [7, 11) is 1.61. The van der Waals surface area contributed by atoms with E-state index in [0.717, 1.165) is 49.4 Å². The van der Waals surface area contributed by atoms with E-state index in [1.54, 1.807) is 19.3 Å². The average Bonchev–Trinajstić information content (AvgIpc) is 3.23. The molecule has 1 aromatic carbocycles. The molecule has 0 bridgehead atoms. The molecule has 7 nitrogen and oxygen atoms in total. The lowest BCUT2D eigenvalue weighted by Gasteiger charge is -2.23. The number of benzene rings is 1. The predicted molar refractivity (Wildman–Crippen MR) is 120 cm³/mol. The van der Waals surface area contributed by atoms with E-state index in [1.165, 1.54) is 12.3 Å². The van der Waals surface area contributed by atoms with Crippen LogP contribution in [0.5, 0.6) is 5.75 Å². The summed E-state index contributed by atoms with van der Waals surface area (Å²) in [6.45, 7) is 2.48. The van der Waals surface area contributed by atoms with Crippen molar-refractivity contribution in [1.29, 1.82) is 0 Å². The first-order valence-electron chi connectivity index (χ1n) is 10.3. The number of nitrogens with one attached hydrogen (secondary N) is 3. The number of piperidine rings is 1. The van der Waals surface area contributed by atoms with Crippen LogP contribution in [-0.4, -0.2) is 42.6 Å². The third-order valence-corrected chi connectivity index (χ3v) is 6.30. The van der Waals surface area contributed by atoms with Crippen LogP contribution in [0.2, 0.25) is 0 Å². The zero-order valence-corrected chi connectivity index (χ0v) is 18.3. The summed E-state index contributed by atoms with van der Waals surface area (Å²) in [6, 6.07) is 5.28. The number of nitrogens with zero attached hydrogens (tertiary/aromatic N) is 2. The van der Waals surface area contributed by atoms with Gasteiger partial charge < -0.3 is 20.7 Å². The third-order valence-electron chi connectivity index (χ3n) is 5.21. The van der Waals surface area contributed by atoms with E-state index < -0.39 is 17.5 Å². The van der Waals surface area contributed by atoms with Gasteiger partial charge in [-0.1, -0.05) is 17.4 Å². The standard InChI is InChI=1S/C22H23F2N5O2S/c1-25-22-19(29-21(32-22)18-14(23)3-2-4-15(18)24)20(30)28-16-11-27-10-7-17(16)31-12-13-5-8-26-9-6-13/h2-4,7,10-11,13,25-26H,5-6,8-9,12H2,1H3,(H,28,30). The Morgan fingerprint density at radius 3 is 2.72 bits per heavy atom. The molecule has 1 aliphatic heterocycles. The average molecular weight is 460 g/mol. The highest BCUT2D eigenvalue weighted by Crippen LogP contribution is 2.35. The fourth-order valence-corrected chi connectivity index (χ4v) is 4.46. The Bertz CT molecular complexity index is 1080. The normalized spacial score (nSPS) is 14.2. The summed E-state index contributed by atoms with van der Waals surface area (Å²) in [5.74, 6) is -1.06. The van der Waals surface area contributed by atoms with Crippen molar-refractivity contribution in [2.75, 3.05) is 37.4 Å². The number of carbonyl (C=O) groups is 1. The monoisotopic (exact) mass is 459 g/mol. The van der Waals surface area contributed by atoms with Gasteiger partial charge in [0.15, 0.2) is 5.69 Å². The Morgan fingerprint density at radius 1 is 1.25 bits per heavy atom. The van der Waals surface area contributed by atoms with Crippen molar-refractivity contribution in [3.05, 3.63) is 54.0 Å². The van der Waals surface area contributed by atoms with Crippen LogP contribution in [0.1, 0.15) is 23.3 Å². The van der Waals surface area contributed by atoms with Crippen LogP contribution in [0.15, 0.2) is 36.7 Å². The van der Waals surface area contributed by atoms with Gasteiger partial charge in [-0.05, 0) is 44.0 Å². The molecule has 0 saturated carbocycles. The lowest BCUT2D eigenvalue weighted by molar-refractivity contribution is 0.102. The number of halogens is 2. The van der Waals surface area contributed by atoms with Gasteiger partial charge in [0.2, 0.25) is 0 Å². The summed E-state index contributed by atoms with van der Waals surface area (Å²) in [5, 5.41) is 9.41. The van der Waals surface area contributed by atoms with Crippen LogP contribution in [-0.2, 0) is 0 Å². The van der Waals surface area contributed by atoms with Gasteiger partial charge in [-0.3, -0.25) is 9.78 Å². The molecule has 0 spiro atoms. The summed E-state index contributed by atoms with van der Waals surface area (Å²) < 4.78 is 34.4. The second-order valence-electron chi connectivity index (χ2n) is 7.37. The third kappa shape index (κ3) is 4.86. The largest absolute Gasteiger partial charge is 0.491 e. The molecule has 0 radical (unpaired) electrons. The van der Waals surface area contributed by atoms with Crippen molar-refractivity contribution in [1.82, 2.24) is 15.3 Å². The maximum atomic E-state index is 14.2. The molecule has 0 aliphatic carbocycles. The first-order valence-corrected chi connectivity index (χ1v) is 11.1. The minimum atomic E-state index is -0.741. The summed E-state index contributed by atoms with van der Waals surface area (Å²) >= 11 is 0.997. The van der Waals surface area contributed by atoms with Gasteiger partial charge in [-0.2, -0.15) is 0 Å². The number of hydrogen-bond acceptors (Lipinski definition) is 7. The van der Waals surface area contributed by atoms with E-state index in [1.807, 2.05) is 0 Å². The first kappa shape index (κ1) is 22.1. The molecule has 4 rings (SSSR count). The van der Waals surface area contributed by atoms with Crippen LogP contribution in [0.25, 0.3) is 10.6 Å². The molecule has 1 saturated heterocycles. The molecule has 1 fully saturated rings. The lowest BCUT2D eigenvalue weighted by Crippen LogP contribution is -2.30. The maximum Gasteiger partial charge on any atom is 0.277 e. The number of carbonyl (C=O) groups excluding carboxylic acids is 1. The molecular weight excluding hydrogens is 436 g/mol. The molecule has 32 heavy (non-hydrogen) atoms. The molecule has 1 amide bonds. The second kappa shape index (κ2) is 10.0. The van der Waals surface area contributed by atoms with Gasteiger partial charge in [0, 0.05) is 19.3 Å². The van der Waals surface area contributed by atoms with Gasteiger partial charge in [-0.25, -0.2) is 13.8 Å². The molecule has 2 aromatic heterocycles. The van der Waals surface area contributed by atoms with Crippen LogP contribution in [0.3, 0.4) is 0 Å². The summed E-state index contributed by atoms with van der Waals surface area (Å²) in [6.07, 6.45) is 5.16. The van der Waals surface area contributed by atoms with Gasteiger partial charge in [0.05, 0.1) is 18.4 Å². The fraction of sp³-hybridized carbons (Fsp3) is 0.318. The number of pyridine rings is 1. The van der Waals surface area contributed by atoms with Crippen molar-refractivity contribution in [3.8, 4) is 16.3 Å². The molecular formula is C22H23F2N5O2S. The zero-order chi connectivity index (χ0) is 22.5. The topological polar surface area (TPSA) is 88.2 Å². The maximum absolute atomic E-state index is 14.2. The molecule has 3 N–H and O–H groups in total. The second-order valence-corrected chi connectivity index (χ2v) is 8.37. The lowest BCUT2D eigenvalue weighted by atomic mass is 9.99. The Balaban J connectivity index is 1.54. The van der Waals surface area contributed by atoms with Crippen molar-refractivity contribution >= 4 is 27.9 Å². The van der Waals surface area contributed by atoms with E-state index in [4.69, 9.17) is 4.74 Å². The van der Waals surface area contributed by atoms with Crippen LogP contribution in [0.4, 0.5) is 19.5 Å². The SMILES string of the molecule is CNc1sc(-c2c(F)cccc2F)nc1C(=O)Nc1cnccc1OCC1CCNCC1. The summed E-state index contributed by atoms with van der Waals surface area (Å²) in [5.41, 5.74) is 0.170. The molecule has 10 heteroatoms. The highest BCUT2D eigenvalue weighted by atomic mass is 32.1.